The first-order valence-corrected chi connectivity index (χ1v) is 12.5. The van der Waals surface area contributed by atoms with Crippen molar-refractivity contribution in [1.29, 1.82) is 0 Å². The number of ether oxygens (including phenoxy) is 1. The van der Waals surface area contributed by atoms with Gasteiger partial charge in [0.1, 0.15) is 5.25 Å². The van der Waals surface area contributed by atoms with Gasteiger partial charge in [-0.25, -0.2) is 9.69 Å². The molecule has 2 aromatic carbocycles. The Balaban J connectivity index is 1.50. The van der Waals surface area contributed by atoms with Crippen LogP contribution in [0.2, 0.25) is 0 Å². The summed E-state index contributed by atoms with van der Waals surface area (Å²) in [6.45, 7) is 1.98. The van der Waals surface area contributed by atoms with Crippen LogP contribution < -0.4 is 9.77 Å². The lowest BCUT2D eigenvalue weighted by Crippen LogP contribution is -2.31. The molecule has 7 nitrogen and oxygen atoms in total. The molecule has 3 heterocycles. The summed E-state index contributed by atoms with van der Waals surface area (Å²) >= 11 is 2.31. The van der Waals surface area contributed by atoms with Gasteiger partial charge in [0.15, 0.2) is 0 Å². The number of anilines is 1. The van der Waals surface area contributed by atoms with Crippen molar-refractivity contribution in [2.45, 2.75) is 23.1 Å². The Hall–Kier alpha value is -3.43. The number of nitrogens with zero attached hydrogens (tertiary/aromatic N) is 1. The van der Waals surface area contributed by atoms with Crippen LogP contribution in [0.15, 0.2) is 70.5 Å². The van der Waals surface area contributed by atoms with Gasteiger partial charge in [0, 0.05) is 10.8 Å². The molecule has 0 saturated carbocycles. The number of amides is 2. The number of carbonyl (C=O) groups excluding carboxylic acids is 3. The van der Waals surface area contributed by atoms with Crippen LogP contribution in [-0.2, 0) is 14.3 Å². The monoisotopic (exact) mass is 492 g/mol. The van der Waals surface area contributed by atoms with E-state index in [-0.39, 0.29) is 23.3 Å². The molecule has 0 spiro atoms. The summed E-state index contributed by atoms with van der Waals surface area (Å²) in [6, 6.07) is 15.9. The van der Waals surface area contributed by atoms with Gasteiger partial charge in [0.2, 0.25) is 11.8 Å². The summed E-state index contributed by atoms with van der Waals surface area (Å²) in [6.07, 6.45) is 3.83. The molecule has 34 heavy (non-hydrogen) atoms. The van der Waals surface area contributed by atoms with Crippen molar-refractivity contribution in [3.8, 4) is 0 Å². The molecule has 0 aliphatic carbocycles. The number of imide groups is 1. The second-order valence-electron chi connectivity index (χ2n) is 7.85. The topological polar surface area (TPSA) is 96.5 Å². The number of allylic oxidation sites excluding steroid dienone is 1. The lowest BCUT2D eigenvalue weighted by Gasteiger charge is -2.27. The van der Waals surface area contributed by atoms with Gasteiger partial charge in [-0.2, -0.15) is 0 Å². The minimum absolute atomic E-state index is 0.207. The van der Waals surface area contributed by atoms with Crippen molar-refractivity contribution < 1.29 is 19.1 Å². The van der Waals surface area contributed by atoms with E-state index in [0.29, 0.717) is 16.3 Å². The second kappa shape index (κ2) is 9.08. The molecule has 1 aromatic heterocycles. The zero-order valence-corrected chi connectivity index (χ0v) is 19.7. The van der Waals surface area contributed by atoms with Crippen LogP contribution in [0.4, 0.5) is 5.69 Å². The van der Waals surface area contributed by atoms with Crippen LogP contribution >= 0.6 is 23.1 Å². The molecule has 1 fully saturated rings. The molecule has 1 saturated heterocycles. The minimum atomic E-state index is -0.652. The van der Waals surface area contributed by atoms with E-state index >= 15 is 0 Å². The fourth-order valence-electron chi connectivity index (χ4n) is 4.26. The molecule has 172 valence electrons. The highest BCUT2D eigenvalue weighted by molar-refractivity contribution is 8.00. The van der Waals surface area contributed by atoms with Gasteiger partial charge in [0.05, 0.1) is 28.8 Å². The molecular weight excluding hydrogens is 472 g/mol. The van der Waals surface area contributed by atoms with Gasteiger partial charge in [0.25, 0.3) is 0 Å². The molecule has 3 atom stereocenters. The molecule has 2 amide bonds. The number of carbonyl (C=O) groups is 3. The highest BCUT2D eigenvalue weighted by atomic mass is 32.2. The normalized spacial score (nSPS) is 21.6. The molecule has 0 bridgehead atoms. The van der Waals surface area contributed by atoms with Crippen LogP contribution in [0.25, 0.3) is 6.08 Å². The van der Waals surface area contributed by atoms with Crippen molar-refractivity contribution in [3.05, 3.63) is 86.3 Å². The van der Waals surface area contributed by atoms with Gasteiger partial charge in [-0.1, -0.05) is 65.6 Å². The van der Waals surface area contributed by atoms with E-state index in [1.807, 2.05) is 42.5 Å². The summed E-state index contributed by atoms with van der Waals surface area (Å²) in [5.74, 6) is -2.16. The number of rotatable bonds is 5. The maximum atomic E-state index is 13.6. The molecular formula is C25H20N2O5S2. The lowest BCUT2D eigenvalue weighted by molar-refractivity contribution is -0.122. The van der Waals surface area contributed by atoms with E-state index in [0.717, 1.165) is 21.8 Å². The van der Waals surface area contributed by atoms with E-state index in [1.54, 1.807) is 31.2 Å². The number of thioether (sulfide) groups is 1. The molecule has 5 rings (SSSR count). The quantitative estimate of drug-likeness (QED) is 0.426. The Kier molecular flexibility index (Phi) is 5.97. The van der Waals surface area contributed by atoms with Crippen LogP contribution in [0, 0.1) is 5.92 Å². The Morgan fingerprint density at radius 2 is 1.79 bits per heavy atom. The fourth-order valence-corrected chi connectivity index (χ4v) is 6.75. The van der Waals surface area contributed by atoms with Crippen LogP contribution in [0.1, 0.15) is 33.6 Å². The largest absolute Gasteiger partial charge is 0.462 e. The number of hydrogen-bond acceptors (Lipinski definition) is 7. The van der Waals surface area contributed by atoms with Gasteiger partial charge >= 0.3 is 10.8 Å². The molecule has 9 heteroatoms. The van der Waals surface area contributed by atoms with Gasteiger partial charge in [-0.3, -0.25) is 14.4 Å². The van der Waals surface area contributed by atoms with Crippen molar-refractivity contribution >= 4 is 52.6 Å². The third-order valence-corrected chi connectivity index (χ3v) is 8.22. The van der Waals surface area contributed by atoms with Crippen LogP contribution in [0.3, 0.4) is 0 Å². The predicted molar refractivity (Wildman–Crippen MR) is 131 cm³/mol. The van der Waals surface area contributed by atoms with Gasteiger partial charge in [-0.05, 0) is 36.8 Å². The number of nitrogens with one attached hydrogen (secondary N) is 1. The number of fused-ring (bicyclic) bond motifs is 2. The zero-order valence-electron chi connectivity index (χ0n) is 18.1. The first-order valence-electron chi connectivity index (χ1n) is 10.8. The Labute approximate surface area is 203 Å². The highest BCUT2D eigenvalue weighted by Gasteiger charge is 2.55. The smallest absolute Gasteiger partial charge is 0.338 e. The molecule has 2 aliphatic heterocycles. The molecule has 0 radical (unpaired) electrons. The Morgan fingerprint density at radius 1 is 1.06 bits per heavy atom. The van der Waals surface area contributed by atoms with Gasteiger partial charge in [-0.15, -0.1) is 0 Å². The number of esters is 1. The third kappa shape index (κ3) is 3.91. The Bertz CT molecular complexity index is 1340. The van der Waals surface area contributed by atoms with Crippen molar-refractivity contribution in [1.82, 2.24) is 4.98 Å². The zero-order chi connectivity index (χ0) is 23.8. The predicted octanol–water partition coefficient (Wildman–Crippen LogP) is 4.07. The van der Waals surface area contributed by atoms with Crippen LogP contribution in [0.5, 0.6) is 0 Å². The summed E-state index contributed by atoms with van der Waals surface area (Å²) in [5, 5.41) is -0.0139. The SMILES string of the molecule is CCOC(=O)c1ccc(N2C(=O)[C@@H]3[C@H](Sc4[nH]c(=O)sc4[C@@H]3/C=C/c3ccccc3)C2=O)cc1. The van der Waals surface area contributed by atoms with E-state index in [2.05, 4.69) is 4.98 Å². The molecule has 0 unspecified atom stereocenters. The second-order valence-corrected chi connectivity index (χ2v) is 10.0. The standard InChI is InChI=1S/C25H20N2O5S2/c1-2-32-24(30)15-9-11-16(12-10-15)27-22(28)18-17(13-8-14-6-4-3-5-7-14)19-21(26-25(31)34-19)33-20(18)23(27)29/h3-13,17-18,20H,2H2,1H3,(H,26,31)/b13-8+/t17-,18+,20+/m1/s1. The van der Waals surface area contributed by atoms with Crippen molar-refractivity contribution in [2.75, 3.05) is 11.5 Å². The number of benzene rings is 2. The van der Waals surface area contributed by atoms with Gasteiger partial charge < -0.3 is 9.72 Å². The lowest BCUT2D eigenvalue weighted by atomic mass is 9.88. The van der Waals surface area contributed by atoms with Crippen molar-refractivity contribution in [3.63, 3.8) is 0 Å². The summed E-state index contributed by atoms with van der Waals surface area (Å²) < 4.78 is 5.00. The minimum Gasteiger partial charge on any atom is -0.462 e. The number of aromatic amines is 1. The third-order valence-electron chi connectivity index (χ3n) is 5.80. The maximum absolute atomic E-state index is 13.6. The highest BCUT2D eigenvalue weighted by Crippen LogP contribution is 2.51. The number of H-pyrrole nitrogens is 1. The van der Waals surface area contributed by atoms with E-state index in [1.165, 1.54) is 16.7 Å². The summed E-state index contributed by atoms with van der Waals surface area (Å²) in [5.41, 5.74) is 1.71. The van der Waals surface area contributed by atoms with E-state index in [9.17, 15) is 19.2 Å². The number of thiazole rings is 1. The average molecular weight is 493 g/mol. The Morgan fingerprint density at radius 3 is 2.50 bits per heavy atom. The molecule has 1 N–H and O–H groups in total. The first-order chi connectivity index (χ1) is 16.5. The first kappa shape index (κ1) is 22.4. The van der Waals surface area contributed by atoms with Crippen LogP contribution in [-0.4, -0.2) is 34.6 Å². The summed E-state index contributed by atoms with van der Waals surface area (Å²) in [7, 11) is 0. The van der Waals surface area contributed by atoms with E-state index in [4.69, 9.17) is 4.74 Å². The maximum Gasteiger partial charge on any atom is 0.338 e. The number of hydrogen-bond donors (Lipinski definition) is 1. The van der Waals surface area contributed by atoms with E-state index < -0.39 is 23.1 Å². The summed E-state index contributed by atoms with van der Waals surface area (Å²) in [4.78, 5) is 55.6. The fraction of sp³-hybridized carbons (Fsp3) is 0.200. The van der Waals surface area contributed by atoms with Crippen molar-refractivity contribution in [2.24, 2.45) is 5.92 Å². The molecule has 3 aromatic rings. The number of aromatic nitrogens is 1. The average Bonchev–Trinajstić information content (AvgIpc) is 3.34. The molecule has 2 aliphatic rings.